The van der Waals surface area contributed by atoms with E-state index in [1.165, 1.54) is 12.1 Å². The van der Waals surface area contributed by atoms with Gasteiger partial charge in [-0.15, -0.1) is 0 Å². The number of hydrogen-bond donors (Lipinski definition) is 1. The maximum atomic E-state index is 12.9. The topological polar surface area (TPSA) is 59.8 Å². The van der Waals surface area contributed by atoms with E-state index in [4.69, 9.17) is 0 Å². The first-order valence-electron chi connectivity index (χ1n) is 8.33. The molecule has 0 saturated heterocycles. The van der Waals surface area contributed by atoms with Crippen molar-refractivity contribution in [2.75, 3.05) is 6.54 Å². The van der Waals surface area contributed by atoms with E-state index < -0.39 is 0 Å². The number of amides is 1. The predicted octanol–water partition coefficient (Wildman–Crippen LogP) is 3.43. The van der Waals surface area contributed by atoms with Gasteiger partial charge in [0.1, 0.15) is 5.82 Å². The van der Waals surface area contributed by atoms with Crippen molar-refractivity contribution in [3.8, 4) is 0 Å². The normalized spacial score (nSPS) is 11.2. The highest BCUT2D eigenvalue weighted by molar-refractivity contribution is 5.98. The lowest BCUT2D eigenvalue weighted by Gasteiger charge is -2.10. The summed E-state index contributed by atoms with van der Waals surface area (Å²) in [5, 5.41) is 8.08. The molecule has 1 N–H and O–H groups in total. The number of benzene rings is 1. The maximum absolute atomic E-state index is 12.9. The second-order valence-corrected chi connectivity index (χ2v) is 6.35. The molecule has 0 fully saturated rings. The molecule has 2 aromatic heterocycles. The van der Waals surface area contributed by atoms with Crippen molar-refractivity contribution >= 4 is 16.9 Å². The third kappa shape index (κ3) is 3.68. The van der Waals surface area contributed by atoms with Gasteiger partial charge in [-0.25, -0.2) is 14.1 Å². The Bertz CT molecular complexity index is 900. The highest BCUT2D eigenvalue weighted by Crippen LogP contribution is 2.19. The Kier molecular flexibility index (Phi) is 4.79. The molecule has 0 saturated carbocycles. The maximum Gasteiger partial charge on any atom is 0.253 e. The van der Waals surface area contributed by atoms with Gasteiger partial charge in [0.25, 0.3) is 5.91 Å². The van der Waals surface area contributed by atoms with Crippen LogP contribution in [-0.2, 0) is 6.42 Å². The molecule has 3 rings (SSSR count). The van der Waals surface area contributed by atoms with E-state index in [1.54, 1.807) is 18.3 Å². The van der Waals surface area contributed by atoms with Gasteiger partial charge < -0.3 is 5.32 Å². The van der Waals surface area contributed by atoms with E-state index in [-0.39, 0.29) is 17.8 Å². The summed E-state index contributed by atoms with van der Waals surface area (Å²) in [6, 6.07) is 8.33. The van der Waals surface area contributed by atoms with E-state index in [1.807, 2.05) is 31.5 Å². The zero-order valence-corrected chi connectivity index (χ0v) is 14.6. The van der Waals surface area contributed by atoms with E-state index in [0.717, 1.165) is 16.6 Å². The largest absolute Gasteiger partial charge is 0.352 e. The molecule has 1 amide bonds. The summed E-state index contributed by atoms with van der Waals surface area (Å²) in [4.78, 5) is 17.0. The van der Waals surface area contributed by atoms with Gasteiger partial charge in [-0.05, 0) is 51.0 Å². The molecule has 0 atom stereocenters. The summed E-state index contributed by atoms with van der Waals surface area (Å²) in [5.74, 6) is -0.420. The molecule has 0 bridgehead atoms. The van der Waals surface area contributed by atoms with Gasteiger partial charge in [-0.3, -0.25) is 4.79 Å². The fourth-order valence-corrected chi connectivity index (χ4v) is 2.74. The number of carbonyl (C=O) groups is 1. The summed E-state index contributed by atoms with van der Waals surface area (Å²) in [7, 11) is 0. The van der Waals surface area contributed by atoms with E-state index in [0.29, 0.717) is 24.2 Å². The standard InChI is InChI=1S/C19H21FN4O/c1-12(2)24-18-15(11-22-24)10-17(13(3)23-18)19(25)21-9-8-14-4-6-16(20)7-5-14/h4-7,10-12H,8-9H2,1-3H3,(H,21,25). The Morgan fingerprint density at radius 2 is 2.00 bits per heavy atom. The molecule has 6 heteroatoms. The molecule has 0 aliphatic carbocycles. The van der Waals surface area contributed by atoms with Crippen LogP contribution in [0.15, 0.2) is 36.5 Å². The zero-order chi connectivity index (χ0) is 18.0. The molecule has 2 heterocycles. The molecule has 3 aromatic rings. The van der Waals surface area contributed by atoms with Crippen molar-refractivity contribution in [1.82, 2.24) is 20.1 Å². The van der Waals surface area contributed by atoms with Crippen LogP contribution in [0.5, 0.6) is 0 Å². The van der Waals surface area contributed by atoms with E-state index in [2.05, 4.69) is 15.4 Å². The van der Waals surface area contributed by atoms with Crippen LogP contribution in [0.3, 0.4) is 0 Å². The number of carbonyl (C=O) groups excluding carboxylic acids is 1. The van der Waals surface area contributed by atoms with Crippen molar-refractivity contribution in [2.24, 2.45) is 0 Å². The highest BCUT2D eigenvalue weighted by Gasteiger charge is 2.15. The molecule has 25 heavy (non-hydrogen) atoms. The molecular weight excluding hydrogens is 319 g/mol. The monoisotopic (exact) mass is 340 g/mol. The minimum absolute atomic E-state index is 0.161. The molecule has 0 radical (unpaired) electrons. The van der Waals surface area contributed by atoms with Gasteiger partial charge >= 0.3 is 0 Å². The molecular formula is C19H21FN4O. The van der Waals surface area contributed by atoms with Crippen LogP contribution in [0.25, 0.3) is 11.0 Å². The van der Waals surface area contributed by atoms with Crippen molar-refractivity contribution in [2.45, 2.75) is 33.2 Å². The van der Waals surface area contributed by atoms with Crippen molar-refractivity contribution in [1.29, 1.82) is 0 Å². The predicted molar refractivity (Wildman–Crippen MR) is 95.1 cm³/mol. The molecule has 5 nitrogen and oxygen atoms in total. The number of hydrogen-bond acceptors (Lipinski definition) is 3. The lowest BCUT2D eigenvalue weighted by molar-refractivity contribution is 0.0953. The molecule has 0 spiro atoms. The van der Waals surface area contributed by atoms with Crippen molar-refractivity contribution in [3.63, 3.8) is 0 Å². The third-order valence-electron chi connectivity index (χ3n) is 4.11. The number of aryl methyl sites for hydroxylation is 1. The number of pyridine rings is 1. The summed E-state index contributed by atoms with van der Waals surface area (Å²) in [6.45, 7) is 6.39. The second-order valence-electron chi connectivity index (χ2n) is 6.35. The summed E-state index contributed by atoms with van der Waals surface area (Å²) in [6.07, 6.45) is 2.38. The van der Waals surface area contributed by atoms with Gasteiger partial charge in [0.15, 0.2) is 5.65 Å². The SMILES string of the molecule is Cc1nc2c(cnn2C(C)C)cc1C(=O)NCCc1ccc(F)cc1. The van der Waals surface area contributed by atoms with Gasteiger partial charge in [0, 0.05) is 18.0 Å². The first-order valence-corrected chi connectivity index (χ1v) is 8.33. The number of halogens is 1. The van der Waals surface area contributed by atoms with Crippen LogP contribution in [0.1, 0.15) is 41.5 Å². The minimum atomic E-state index is -0.260. The van der Waals surface area contributed by atoms with E-state index in [9.17, 15) is 9.18 Å². The lowest BCUT2D eigenvalue weighted by atomic mass is 10.1. The average Bonchev–Trinajstić information content (AvgIpc) is 2.98. The number of nitrogens with one attached hydrogen (secondary N) is 1. The Hall–Kier alpha value is -2.76. The van der Waals surface area contributed by atoms with Crippen LogP contribution in [0, 0.1) is 12.7 Å². The Morgan fingerprint density at radius 3 is 2.68 bits per heavy atom. The zero-order valence-electron chi connectivity index (χ0n) is 14.6. The van der Waals surface area contributed by atoms with Gasteiger partial charge in [0.2, 0.25) is 0 Å². The quantitative estimate of drug-likeness (QED) is 0.774. The number of nitrogens with zero attached hydrogens (tertiary/aromatic N) is 3. The molecule has 130 valence electrons. The van der Waals surface area contributed by atoms with Crippen molar-refractivity contribution < 1.29 is 9.18 Å². The van der Waals surface area contributed by atoms with Crippen LogP contribution in [0.2, 0.25) is 0 Å². The number of rotatable bonds is 5. The van der Waals surface area contributed by atoms with Crippen molar-refractivity contribution in [3.05, 3.63) is 59.2 Å². The molecule has 0 aliphatic rings. The minimum Gasteiger partial charge on any atom is -0.352 e. The summed E-state index contributed by atoms with van der Waals surface area (Å²) < 4.78 is 14.7. The third-order valence-corrected chi connectivity index (χ3v) is 4.11. The smallest absolute Gasteiger partial charge is 0.253 e. The molecule has 0 aliphatic heterocycles. The van der Waals surface area contributed by atoms with Gasteiger partial charge in [-0.1, -0.05) is 12.1 Å². The van der Waals surface area contributed by atoms with Crippen LogP contribution >= 0.6 is 0 Å². The highest BCUT2D eigenvalue weighted by atomic mass is 19.1. The Morgan fingerprint density at radius 1 is 1.28 bits per heavy atom. The molecule has 0 unspecified atom stereocenters. The fourth-order valence-electron chi connectivity index (χ4n) is 2.74. The summed E-state index contributed by atoms with van der Waals surface area (Å²) >= 11 is 0. The first kappa shape index (κ1) is 17.1. The van der Waals surface area contributed by atoms with Gasteiger partial charge in [-0.2, -0.15) is 5.10 Å². The number of aromatic nitrogens is 3. The van der Waals surface area contributed by atoms with Crippen LogP contribution in [0.4, 0.5) is 4.39 Å². The Balaban J connectivity index is 1.71. The lowest BCUT2D eigenvalue weighted by Crippen LogP contribution is -2.26. The molecule has 1 aromatic carbocycles. The average molecular weight is 340 g/mol. The van der Waals surface area contributed by atoms with Gasteiger partial charge in [0.05, 0.1) is 17.5 Å². The van der Waals surface area contributed by atoms with Crippen LogP contribution < -0.4 is 5.32 Å². The Labute approximate surface area is 145 Å². The van der Waals surface area contributed by atoms with E-state index >= 15 is 0 Å². The fraction of sp³-hybridized carbons (Fsp3) is 0.316. The first-order chi connectivity index (χ1) is 12.0. The second kappa shape index (κ2) is 7.01. The summed E-state index contributed by atoms with van der Waals surface area (Å²) in [5.41, 5.74) is 2.99. The number of fused-ring (bicyclic) bond motifs is 1. The van der Waals surface area contributed by atoms with Crippen LogP contribution in [-0.4, -0.2) is 27.2 Å².